The molecule has 0 aromatic heterocycles. The van der Waals surface area contributed by atoms with Crippen LogP contribution in [0, 0.1) is 0 Å². The number of anilines is 1. The lowest BCUT2D eigenvalue weighted by atomic mass is 10.1. The highest BCUT2D eigenvalue weighted by atomic mass is 16.5. The van der Waals surface area contributed by atoms with Gasteiger partial charge in [0, 0.05) is 57.1 Å². The van der Waals surface area contributed by atoms with Gasteiger partial charge in [0.05, 0.1) is 26.4 Å². The van der Waals surface area contributed by atoms with E-state index >= 15 is 0 Å². The molecule has 2 aliphatic heterocycles. The van der Waals surface area contributed by atoms with Gasteiger partial charge < -0.3 is 19.1 Å². The topological polar surface area (TPSA) is 54.5 Å². The number of rotatable bonds is 9. The van der Waals surface area contributed by atoms with Gasteiger partial charge in [-0.05, 0) is 36.4 Å². The zero-order chi connectivity index (χ0) is 22.0. The van der Waals surface area contributed by atoms with E-state index in [2.05, 4.69) is 9.80 Å². The van der Waals surface area contributed by atoms with E-state index in [4.69, 9.17) is 14.2 Å². The van der Waals surface area contributed by atoms with Crippen LogP contribution in [0.4, 0.5) is 5.69 Å². The van der Waals surface area contributed by atoms with Crippen LogP contribution in [0.25, 0.3) is 0 Å². The third-order valence-corrected chi connectivity index (χ3v) is 5.94. The Labute approximate surface area is 190 Å². The number of carbonyl (C=O) groups is 1. The number of hydrogen-bond donors (Lipinski definition) is 0. The largest absolute Gasteiger partial charge is 0.492 e. The molecule has 0 saturated carbocycles. The maximum Gasteiger partial charge on any atom is 0.258 e. The van der Waals surface area contributed by atoms with Crippen molar-refractivity contribution in [3.05, 3.63) is 60.2 Å². The van der Waals surface area contributed by atoms with Crippen molar-refractivity contribution in [3.8, 4) is 5.75 Å². The van der Waals surface area contributed by atoms with Crippen LogP contribution in [0.3, 0.4) is 0 Å². The molecule has 2 fully saturated rings. The fraction of sp³-hybridized carbons (Fsp3) is 0.480. The number of nitrogens with zero attached hydrogens (tertiary/aromatic N) is 3. The Bertz CT molecular complexity index is 819. The van der Waals surface area contributed by atoms with Gasteiger partial charge in [-0.2, -0.15) is 0 Å². The predicted molar refractivity (Wildman–Crippen MR) is 125 cm³/mol. The van der Waals surface area contributed by atoms with Gasteiger partial charge in [0.25, 0.3) is 5.91 Å². The molecular formula is C25H33N3O4. The van der Waals surface area contributed by atoms with Crippen LogP contribution < -0.4 is 9.64 Å². The normalized spacial score (nSPS) is 17.8. The highest BCUT2D eigenvalue weighted by Crippen LogP contribution is 2.22. The van der Waals surface area contributed by atoms with E-state index in [0.29, 0.717) is 18.7 Å². The summed E-state index contributed by atoms with van der Waals surface area (Å²) in [4.78, 5) is 19.8. The van der Waals surface area contributed by atoms with Gasteiger partial charge in [0.15, 0.2) is 0 Å². The van der Waals surface area contributed by atoms with Gasteiger partial charge in [0.2, 0.25) is 0 Å². The third kappa shape index (κ3) is 6.53. The summed E-state index contributed by atoms with van der Waals surface area (Å²) in [6.45, 7) is 9.81. The Hall–Kier alpha value is -2.45. The molecule has 4 rings (SSSR count). The van der Waals surface area contributed by atoms with Crippen LogP contribution in [-0.2, 0) is 9.47 Å². The summed E-state index contributed by atoms with van der Waals surface area (Å²) in [5.41, 5.74) is 1.58. The van der Waals surface area contributed by atoms with Crippen LogP contribution in [0.15, 0.2) is 54.6 Å². The average Bonchev–Trinajstić information content (AvgIpc) is 2.87. The Kier molecular flexibility index (Phi) is 8.50. The zero-order valence-corrected chi connectivity index (χ0v) is 18.7. The summed E-state index contributed by atoms with van der Waals surface area (Å²) >= 11 is 0. The Morgan fingerprint density at radius 3 is 2.03 bits per heavy atom. The van der Waals surface area contributed by atoms with Gasteiger partial charge >= 0.3 is 0 Å². The van der Waals surface area contributed by atoms with Gasteiger partial charge in [-0.15, -0.1) is 0 Å². The number of benzene rings is 2. The Morgan fingerprint density at radius 1 is 0.812 bits per heavy atom. The van der Waals surface area contributed by atoms with E-state index in [-0.39, 0.29) is 5.91 Å². The quantitative estimate of drug-likeness (QED) is 0.598. The Morgan fingerprint density at radius 2 is 1.41 bits per heavy atom. The lowest BCUT2D eigenvalue weighted by Gasteiger charge is -2.30. The first-order valence-electron chi connectivity index (χ1n) is 11.5. The highest BCUT2D eigenvalue weighted by Gasteiger charge is 2.20. The molecule has 7 nitrogen and oxygen atoms in total. The predicted octanol–water partition coefficient (Wildman–Crippen LogP) is 2.38. The molecule has 0 bridgehead atoms. The summed E-state index contributed by atoms with van der Waals surface area (Å²) in [5.74, 6) is 0.835. The maximum atomic E-state index is 13.3. The average molecular weight is 440 g/mol. The molecule has 2 heterocycles. The van der Waals surface area contributed by atoms with Crippen LogP contribution in [-0.4, -0.2) is 94.6 Å². The molecule has 2 aromatic rings. The first kappa shape index (κ1) is 22.7. The van der Waals surface area contributed by atoms with Crippen molar-refractivity contribution in [2.24, 2.45) is 0 Å². The van der Waals surface area contributed by atoms with Gasteiger partial charge in [-0.25, -0.2) is 0 Å². The first-order chi connectivity index (χ1) is 15.8. The van der Waals surface area contributed by atoms with E-state index in [0.717, 1.165) is 77.1 Å². The summed E-state index contributed by atoms with van der Waals surface area (Å²) in [6.07, 6.45) is 0. The van der Waals surface area contributed by atoms with Gasteiger partial charge in [0.1, 0.15) is 12.4 Å². The van der Waals surface area contributed by atoms with Crippen molar-refractivity contribution in [3.63, 3.8) is 0 Å². The first-order valence-corrected chi connectivity index (χ1v) is 11.5. The molecule has 0 unspecified atom stereocenters. The summed E-state index contributed by atoms with van der Waals surface area (Å²) in [7, 11) is 0. The fourth-order valence-corrected chi connectivity index (χ4v) is 3.99. The van der Waals surface area contributed by atoms with Crippen LogP contribution in [0.2, 0.25) is 0 Å². The minimum atomic E-state index is 0.0137. The second kappa shape index (κ2) is 12.0. The molecule has 0 N–H and O–H groups in total. The van der Waals surface area contributed by atoms with Gasteiger partial charge in [-0.1, -0.05) is 18.2 Å². The number of morpholine rings is 2. The summed E-state index contributed by atoms with van der Waals surface area (Å²) in [6, 6.07) is 17.3. The molecular weight excluding hydrogens is 406 g/mol. The smallest absolute Gasteiger partial charge is 0.258 e. The highest BCUT2D eigenvalue weighted by molar-refractivity contribution is 6.06. The minimum Gasteiger partial charge on any atom is -0.492 e. The maximum absolute atomic E-state index is 13.3. The van der Waals surface area contributed by atoms with Crippen LogP contribution in [0.5, 0.6) is 5.75 Å². The van der Waals surface area contributed by atoms with Crippen molar-refractivity contribution in [1.29, 1.82) is 0 Å². The second-order valence-electron chi connectivity index (χ2n) is 8.07. The third-order valence-electron chi connectivity index (χ3n) is 5.94. The zero-order valence-electron chi connectivity index (χ0n) is 18.7. The molecule has 32 heavy (non-hydrogen) atoms. The molecule has 0 spiro atoms. The van der Waals surface area contributed by atoms with Crippen molar-refractivity contribution in [1.82, 2.24) is 9.80 Å². The molecule has 7 heteroatoms. The summed E-state index contributed by atoms with van der Waals surface area (Å²) in [5, 5.41) is 0. The number of amides is 1. The van der Waals surface area contributed by atoms with E-state index in [1.807, 2.05) is 59.5 Å². The molecule has 2 saturated heterocycles. The molecule has 172 valence electrons. The van der Waals surface area contributed by atoms with Crippen molar-refractivity contribution >= 4 is 11.6 Å². The molecule has 2 aliphatic rings. The second-order valence-corrected chi connectivity index (χ2v) is 8.07. The number of carbonyl (C=O) groups excluding carboxylic acids is 1. The molecule has 0 atom stereocenters. The lowest BCUT2D eigenvalue weighted by Crippen LogP contribution is -2.43. The molecule has 0 radical (unpaired) electrons. The standard InChI is InChI=1S/C25H33N3O4/c29-25(22-4-2-1-3-5-22)28(11-10-26-12-17-30-18-13-26)23-6-8-24(9-7-23)32-21-16-27-14-19-31-20-15-27/h1-9H,10-21H2. The Balaban J connectivity index is 1.38. The van der Waals surface area contributed by atoms with Crippen molar-refractivity contribution in [2.45, 2.75) is 0 Å². The number of hydrogen-bond acceptors (Lipinski definition) is 6. The summed E-state index contributed by atoms with van der Waals surface area (Å²) < 4.78 is 16.8. The minimum absolute atomic E-state index is 0.0137. The van der Waals surface area contributed by atoms with Crippen LogP contribution >= 0.6 is 0 Å². The van der Waals surface area contributed by atoms with Crippen LogP contribution in [0.1, 0.15) is 10.4 Å². The molecule has 0 aliphatic carbocycles. The van der Waals surface area contributed by atoms with E-state index in [1.165, 1.54) is 0 Å². The SMILES string of the molecule is O=C(c1ccccc1)N(CCN1CCOCC1)c1ccc(OCCN2CCOCC2)cc1. The van der Waals surface area contributed by atoms with E-state index < -0.39 is 0 Å². The number of ether oxygens (including phenoxy) is 3. The monoisotopic (exact) mass is 439 g/mol. The lowest BCUT2D eigenvalue weighted by molar-refractivity contribution is 0.0322. The van der Waals surface area contributed by atoms with E-state index in [1.54, 1.807) is 0 Å². The van der Waals surface area contributed by atoms with Crippen molar-refractivity contribution in [2.75, 3.05) is 83.7 Å². The van der Waals surface area contributed by atoms with Gasteiger partial charge in [-0.3, -0.25) is 14.6 Å². The van der Waals surface area contributed by atoms with E-state index in [9.17, 15) is 4.79 Å². The molecule has 2 aromatic carbocycles. The molecule has 1 amide bonds. The fourth-order valence-electron chi connectivity index (χ4n) is 3.99. The van der Waals surface area contributed by atoms with Crippen molar-refractivity contribution < 1.29 is 19.0 Å².